The summed E-state index contributed by atoms with van der Waals surface area (Å²) in [5.41, 5.74) is 8.05. The molecule has 1 heterocycles. The van der Waals surface area contributed by atoms with Gasteiger partial charge in [0.25, 0.3) is 0 Å². The van der Waals surface area contributed by atoms with Gasteiger partial charge < -0.3 is 21.3 Å². The molecule has 0 fully saturated rings. The molecule has 0 radical (unpaired) electrons. The summed E-state index contributed by atoms with van der Waals surface area (Å²) in [5.74, 6) is 0.270. The molecule has 3 aromatic carbocycles. The molecule has 1 aromatic heterocycles. The van der Waals surface area contributed by atoms with E-state index in [0.717, 1.165) is 21.5 Å². The lowest BCUT2D eigenvalue weighted by molar-refractivity contribution is -0.116. The van der Waals surface area contributed by atoms with Crippen LogP contribution in [0, 0.1) is 0 Å². The molecule has 5 N–H and O–H groups in total. The minimum atomic E-state index is -0.227. The predicted octanol–water partition coefficient (Wildman–Crippen LogP) is 4.92. The molecule has 7 heteroatoms. The summed E-state index contributed by atoms with van der Waals surface area (Å²) in [4.78, 5) is 17.8. The van der Waals surface area contributed by atoms with Crippen LogP contribution in [0.1, 0.15) is 16.9 Å². The third kappa shape index (κ3) is 4.84. The van der Waals surface area contributed by atoms with Crippen molar-refractivity contribution < 1.29 is 15.0 Å². The van der Waals surface area contributed by atoms with Crippen molar-refractivity contribution in [2.75, 3.05) is 5.32 Å². The van der Waals surface area contributed by atoms with E-state index in [1.165, 1.54) is 23.5 Å². The number of carbonyl (C=O) groups excluding carboxylic acids is 1. The van der Waals surface area contributed by atoms with Crippen LogP contribution in [0.3, 0.4) is 0 Å². The fourth-order valence-corrected chi connectivity index (χ4v) is 3.87. The highest BCUT2D eigenvalue weighted by Gasteiger charge is 2.12. The topological polar surface area (TPSA) is 108 Å². The number of amidine groups is 1. The fraction of sp³-hybridized carbons (Fsp3) is 0.0833. The van der Waals surface area contributed by atoms with E-state index in [1.807, 2.05) is 41.8 Å². The fourth-order valence-electron chi connectivity index (χ4n) is 3.24. The van der Waals surface area contributed by atoms with E-state index in [2.05, 4.69) is 10.3 Å². The van der Waals surface area contributed by atoms with Crippen LogP contribution >= 0.6 is 11.3 Å². The molecule has 4 aromatic rings. The van der Waals surface area contributed by atoms with Crippen molar-refractivity contribution in [2.45, 2.75) is 12.8 Å². The first-order valence-electron chi connectivity index (χ1n) is 9.71. The van der Waals surface area contributed by atoms with Gasteiger partial charge in [0, 0.05) is 11.8 Å². The lowest BCUT2D eigenvalue weighted by Gasteiger charge is -2.11. The molecule has 6 nitrogen and oxygen atoms in total. The maximum Gasteiger partial charge on any atom is 0.224 e. The Balaban J connectivity index is 1.40. The van der Waals surface area contributed by atoms with E-state index < -0.39 is 0 Å². The molecule has 0 saturated carbocycles. The van der Waals surface area contributed by atoms with Crippen molar-refractivity contribution in [1.29, 1.82) is 0 Å². The van der Waals surface area contributed by atoms with E-state index >= 15 is 0 Å². The van der Waals surface area contributed by atoms with Crippen molar-refractivity contribution in [2.24, 2.45) is 10.7 Å². The number of amides is 1. The van der Waals surface area contributed by atoms with Crippen LogP contribution in [0.4, 0.5) is 11.4 Å². The molecule has 1 amide bonds. The third-order valence-electron chi connectivity index (χ3n) is 4.85. The summed E-state index contributed by atoms with van der Waals surface area (Å²) >= 11 is 1.54. The van der Waals surface area contributed by atoms with Gasteiger partial charge in [-0.1, -0.05) is 30.3 Å². The third-order valence-corrected chi connectivity index (χ3v) is 5.74. The van der Waals surface area contributed by atoms with Gasteiger partial charge in [0.05, 0.1) is 16.3 Å². The van der Waals surface area contributed by atoms with Gasteiger partial charge in [0.1, 0.15) is 17.3 Å². The molecule has 4 rings (SSSR count). The Morgan fingerprint density at radius 2 is 1.81 bits per heavy atom. The molecule has 156 valence electrons. The van der Waals surface area contributed by atoms with E-state index in [4.69, 9.17) is 5.73 Å². The highest BCUT2D eigenvalue weighted by molar-refractivity contribution is 7.12. The Morgan fingerprint density at radius 3 is 2.55 bits per heavy atom. The van der Waals surface area contributed by atoms with Gasteiger partial charge in [-0.15, -0.1) is 11.3 Å². The van der Waals surface area contributed by atoms with E-state index in [0.29, 0.717) is 23.3 Å². The summed E-state index contributed by atoms with van der Waals surface area (Å²) in [7, 11) is 0. The van der Waals surface area contributed by atoms with Crippen LogP contribution in [-0.4, -0.2) is 22.0 Å². The number of phenolic OH excluding ortho intramolecular Hbond substituents is 2. The van der Waals surface area contributed by atoms with Gasteiger partial charge in [0.15, 0.2) is 0 Å². The number of nitrogens with one attached hydrogen (secondary N) is 1. The number of hydrogen-bond acceptors (Lipinski definition) is 5. The van der Waals surface area contributed by atoms with Gasteiger partial charge in [0.2, 0.25) is 5.91 Å². The van der Waals surface area contributed by atoms with Crippen LogP contribution in [-0.2, 0) is 11.2 Å². The number of benzene rings is 3. The smallest absolute Gasteiger partial charge is 0.224 e. The second-order valence-corrected chi connectivity index (χ2v) is 8.00. The molecule has 0 unspecified atom stereocenters. The number of phenols is 2. The number of thiophene rings is 1. The predicted molar refractivity (Wildman–Crippen MR) is 125 cm³/mol. The monoisotopic (exact) mass is 431 g/mol. The van der Waals surface area contributed by atoms with Crippen molar-refractivity contribution in [3.05, 3.63) is 82.6 Å². The number of rotatable bonds is 6. The number of nitrogens with zero attached hydrogens (tertiary/aromatic N) is 1. The summed E-state index contributed by atoms with van der Waals surface area (Å²) in [6.45, 7) is 0. The molecule has 0 saturated heterocycles. The molecule has 0 bridgehead atoms. The van der Waals surface area contributed by atoms with Crippen LogP contribution in [0.15, 0.2) is 77.1 Å². The second-order valence-electron chi connectivity index (χ2n) is 7.05. The standard InChI is InChI=1S/C24H21N3O3S/c25-24(21-2-1-13-31-21)26-17-8-3-15(4-9-17)5-12-22(30)27-23-19-14-18(28)10-6-16(19)7-11-20(23)29/h1-4,6-11,13-14,28-29H,5,12H2,(H2,25,26)(H,27,30). The summed E-state index contributed by atoms with van der Waals surface area (Å²) < 4.78 is 0. The quantitative estimate of drug-likeness (QED) is 0.197. The highest BCUT2D eigenvalue weighted by Crippen LogP contribution is 2.34. The number of hydrogen-bond donors (Lipinski definition) is 4. The largest absolute Gasteiger partial charge is 0.508 e. The normalized spacial score (nSPS) is 11.5. The van der Waals surface area contributed by atoms with Crippen molar-refractivity contribution >= 4 is 45.2 Å². The minimum absolute atomic E-state index is 0.0445. The maximum atomic E-state index is 12.5. The SMILES string of the molecule is NC(=Nc1ccc(CCC(=O)Nc2c(O)ccc3ccc(O)cc23)cc1)c1cccs1. The van der Waals surface area contributed by atoms with Crippen molar-refractivity contribution in [3.63, 3.8) is 0 Å². The molecule has 0 atom stereocenters. The molecule has 0 spiro atoms. The Bertz CT molecular complexity index is 1240. The molecule has 0 aliphatic rings. The Morgan fingerprint density at radius 1 is 1.03 bits per heavy atom. The molecular weight excluding hydrogens is 410 g/mol. The highest BCUT2D eigenvalue weighted by atomic mass is 32.1. The zero-order chi connectivity index (χ0) is 21.8. The molecule has 31 heavy (non-hydrogen) atoms. The first kappa shape index (κ1) is 20.4. The van der Waals surface area contributed by atoms with E-state index in [-0.39, 0.29) is 23.8 Å². The van der Waals surface area contributed by atoms with Crippen LogP contribution in [0.2, 0.25) is 0 Å². The zero-order valence-corrected chi connectivity index (χ0v) is 17.4. The molecule has 0 aliphatic heterocycles. The van der Waals surface area contributed by atoms with Crippen molar-refractivity contribution in [1.82, 2.24) is 0 Å². The summed E-state index contributed by atoms with van der Waals surface area (Å²) in [5, 5.41) is 26.0. The van der Waals surface area contributed by atoms with Crippen LogP contribution in [0.5, 0.6) is 11.5 Å². The Hall–Kier alpha value is -3.84. The van der Waals surface area contributed by atoms with E-state index in [9.17, 15) is 15.0 Å². The zero-order valence-electron chi connectivity index (χ0n) is 16.6. The van der Waals surface area contributed by atoms with Gasteiger partial charge in [-0.05, 0) is 59.1 Å². The number of aliphatic imine (C=N–C) groups is 1. The number of aryl methyl sites for hydroxylation is 1. The Labute approximate surface area is 183 Å². The van der Waals surface area contributed by atoms with Crippen LogP contribution in [0.25, 0.3) is 10.8 Å². The number of fused-ring (bicyclic) bond motifs is 1. The van der Waals surface area contributed by atoms with E-state index in [1.54, 1.807) is 18.2 Å². The van der Waals surface area contributed by atoms with Crippen molar-refractivity contribution in [3.8, 4) is 11.5 Å². The summed E-state index contributed by atoms with van der Waals surface area (Å²) in [6, 6.07) is 19.5. The van der Waals surface area contributed by atoms with Gasteiger partial charge in [-0.25, -0.2) is 4.99 Å². The van der Waals surface area contributed by atoms with Crippen LogP contribution < -0.4 is 11.1 Å². The summed E-state index contributed by atoms with van der Waals surface area (Å²) in [6.07, 6.45) is 0.779. The average molecular weight is 432 g/mol. The lowest BCUT2D eigenvalue weighted by atomic mass is 10.1. The first-order valence-corrected chi connectivity index (χ1v) is 10.6. The number of anilines is 1. The average Bonchev–Trinajstić information content (AvgIpc) is 3.30. The minimum Gasteiger partial charge on any atom is -0.508 e. The maximum absolute atomic E-state index is 12.5. The molecular formula is C24H21N3O3S. The Kier molecular flexibility index (Phi) is 5.86. The van der Waals surface area contributed by atoms with Gasteiger partial charge in [-0.2, -0.15) is 0 Å². The van der Waals surface area contributed by atoms with Gasteiger partial charge >= 0.3 is 0 Å². The second kappa shape index (κ2) is 8.89. The number of carbonyl (C=O) groups is 1. The lowest BCUT2D eigenvalue weighted by Crippen LogP contribution is -2.12. The number of aromatic hydroxyl groups is 2. The van der Waals surface area contributed by atoms with Gasteiger partial charge in [-0.3, -0.25) is 4.79 Å². The molecule has 0 aliphatic carbocycles. The number of nitrogens with two attached hydrogens (primary N) is 1. The first-order chi connectivity index (χ1) is 15.0.